The van der Waals surface area contributed by atoms with Crippen molar-refractivity contribution in [1.82, 2.24) is 14.7 Å². The van der Waals surface area contributed by atoms with E-state index in [1.807, 2.05) is 0 Å². The molecule has 1 aromatic heterocycles. The van der Waals surface area contributed by atoms with Crippen LogP contribution in [0.2, 0.25) is 0 Å². The number of rotatable bonds is 6. The van der Waals surface area contributed by atoms with Crippen LogP contribution in [0.15, 0.2) is 54.6 Å². The van der Waals surface area contributed by atoms with Crippen molar-refractivity contribution in [3.63, 3.8) is 0 Å². The first kappa shape index (κ1) is 19.6. The summed E-state index contributed by atoms with van der Waals surface area (Å²) in [5, 5.41) is 14.7. The van der Waals surface area contributed by atoms with Crippen LogP contribution >= 0.6 is 0 Å². The Kier molecular flexibility index (Phi) is 5.75. The zero-order valence-corrected chi connectivity index (χ0v) is 16.0. The molecule has 0 fully saturated rings. The number of nitrogens with zero attached hydrogens (tertiary/aromatic N) is 3. The number of carbonyl (C=O) groups excluding carboxylic acids is 1. The van der Waals surface area contributed by atoms with Crippen molar-refractivity contribution in [3.05, 3.63) is 71.7 Å². The summed E-state index contributed by atoms with van der Waals surface area (Å²) in [6.07, 6.45) is -0.833. The number of hydrogen-bond acceptors (Lipinski definition) is 4. The fourth-order valence-electron chi connectivity index (χ4n) is 2.93. The van der Waals surface area contributed by atoms with Crippen LogP contribution in [0.3, 0.4) is 0 Å². The number of amides is 1. The third kappa shape index (κ3) is 4.20. The molecular weight excluding hydrogens is 361 g/mol. The van der Waals surface area contributed by atoms with Crippen LogP contribution in [0.5, 0.6) is 5.75 Å². The molecule has 6 nitrogen and oxygen atoms in total. The highest BCUT2D eigenvalue weighted by atomic mass is 19.1. The van der Waals surface area contributed by atoms with Crippen molar-refractivity contribution in [3.8, 4) is 17.0 Å². The highest BCUT2D eigenvalue weighted by Crippen LogP contribution is 2.22. The number of methoxy groups -OCH3 is 1. The van der Waals surface area contributed by atoms with E-state index in [0.717, 1.165) is 5.56 Å². The molecule has 3 aromatic rings. The molecule has 1 N–H and O–H groups in total. The quantitative estimate of drug-likeness (QED) is 0.711. The normalized spacial score (nSPS) is 11.9. The van der Waals surface area contributed by atoms with Crippen molar-refractivity contribution in [1.29, 1.82) is 0 Å². The number of likely N-dealkylation sites (N-methyl/N-ethyl adjacent to an activating group) is 1. The Morgan fingerprint density at radius 1 is 1.21 bits per heavy atom. The number of benzene rings is 2. The average molecular weight is 383 g/mol. The Hall–Kier alpha value is -3.19. The minimum atomic E-state index is -0.833. The Balaban J connectivity index is 1.72. The number of aromatic nitrogens is 2. The molecule has 7 heteroatoms. The van der Waals surface area contributed by atoms with Crippen LogP contribution in [-0.4, -0.2) is 46.4 Å². The second kappa shape index (κ2) is 8.22. The SMILES string of the molecule is COc1ccc(C(O)CN(C)C(=O)c2cc(-c3ccc(F)cc3)n(C)n2)cc1. The molecule has 28 heavy (non-hydrogen) atoms. The zero-order chi connectivity index (χ0) is 20.3. The number of halogens is 1. The van der Waals surface area contributed by atoms with Crippen LogP contribution in [0.25, 0.3) is 11.3 Å². The molecule has 0 aliphatic rings. The molecule has 1 atom stereocenters. The largest absolute Gasteiger partial charge is 0.497 e. The number of ether oxygens (including phenoxy) is 1. The zero-order valence-electron chi connectivity index (χ0n) is 16.0. The van der Waals surface area contributed by atoms with Gasteiger partial charge in [0.25, 0.3) is 5.91 Å². The van der Waals surface area contributed by atoms with Gasteiger partial charge in [0.15, 0.2) is 5.69 Å². The summed E-state index contributed by atoms with van der Waals surface area (Å²) >= 11 is 0. The highest BCUT2D eigenvalue weighted by molar-refractivity contribution is 5.93. The molecule has 1 amide bonds. The van der Waals surface area contributed by atoms with Crippen LogP contribution in [0.1, 0.15) is 22.2 Å². The molecule has 2 aromatic carbocycles. The van der Waals surface area contributed by atoms with Gasteiger partial charge in [0.1, 0.15) is 11.6 Å². The van der Waals surface area contributed by atoms with Crippen LogP contribution in [0.4, 0.5) is 4.39 Å². The smallest absolute Gasteiger partial charge is 0.274 e. The molecule has 0 saturated carbocycles. The lowest BCUT2D eigenvalue weighted by atomic mass is 10.1. The minimum Gasteiger partial charge on any atom is -0.497 e. The van der Waals surface area contributed by atoms with Gasteiger partial charge in [-0.05, 0) is 53.6 Å². The maximum Gasteiger partial charge on any atom is 0.274 e. The van der Waals surface area contributed by atoms with E-state index < -0.39 is 6.10 Å². The number of hydrogen-bond donors (Lipinski definition) is 1. The van der Waals surface area contributed by atoms with Crippen molar-refractivity contribution >= 4 is 5.91 Å². The van der Waals surface area contributed by atoms with Crippen molar-refractivity contribution in [2.24, 2.45) is 7.05 Å². The first-order chi connectivity index (χ1) is 13.4. The van der Waals surface area contributed by atoms with Gasteiger partial charge < -0.3 is 14.7 Å². The van der Waals surface area contributed by atoms with Gasteiger partial charge in [0.2, 0.25) is 0 Å². The average Bonchev–Trinajstić information content (AvgIpc) is 3.09. The fraction of sp³-hybridized carbons (Fsp3) is 0.238. The van der Waals surface area contributed by atoms with E-state index >= 15 is 0 Å². The third-order valence-corrected chi connectivity index (χ3v) is 4.53. The van der Waals surface area contributed by atoms with Crippen molar-refractivity contribution < 1.29 is 19.0 Å². The molecule has 3 rings (SSSR count). The lowest BCUT2D eigenvalue weighted by Gasteiger charge is -2.20. The molecule has 0 bridgehead atoms. The topological polar surface area (TPSA) is 67.6 Å². The second-order valence-corrected chi connectivity index (χ2v) is 6.52. The van der Waals surface area contributed by atoms with Gasteiger partial charge in [-0.1, -0.05) is 12.1 Å². The van der Waals surface area contributed by atoms with E-state index in [9.17, 15) is 14.3 Å². The van der Waals surface area contributed by atoms with Gasteiger partial charge >= 0.3 is 0 Å². The van der Waals surface area contributed by atoms with Gasteiger partial charge in [-0.3, -0.25) is 9.48 Å². The van der Waals surface area contributed by atoms with Crippen molar-refractivity contribution in [2.75, 3.05) is 20.7 Å². The molecule has 1 unspecified atom stereocenters. The van der Waals surface area contributed by atoms with Gasteiger partial charge in [-0.15, -0.1) is 0 Å². The second-order valence-electron chi connectivity index (χ2n) is 6.52. The van der Waals surface area contributed by atoms with Gasteiger partial charge in [0.05, 0.1) is 25.5 Å². The van der Waals surface area contributed by atoms with Gasteiger partial charge in [0, 0.05) is 14.1 Å². The first-order valence-corrected chi connectivity index (χ1v) is 8.76. The van der Waals surface area contributed by atoms with E-state index in [0.29, 0.717) is 17.0 Å². The molecule has 0 saturated heterocycles. The molecule has 0 radical (unpaired) electrons. The minimum absolute atomic E-state index is 0.119. The van der Waals surface area contributed by atoms with E-state index in [4.69, 9.17) is 4.74 Å². The molecule has 0 aliphatic carbocycles. The maximum absolute atomic E-state index is 13.1. The molecule has 0 aliphatic heterocycles. The standard InChI is InChI=1S/C21H22FN3O3/c1-24(13-20(26)15-6-10-17(28-3)11-7-15)21(27)18-12-19(25(2)23-18)14-4-8-16(22)9-5-14/h4-12,20,26H,13H2,1-3H3. The summed E-state index contributed by atoms with van der Waals surface area (Å²) in [5.41, 5.74) is 2.41. The van der Waals surface area contributed by atoms with Crippen molar-refractivity contribution in [2.45, 2.75) is 6.10 Å². The summed E-state index contributed by atoms with van der Waals surface area (Å²) in [7, 11) is 4.91. The van der Waals surface area contributed by atoms with Crippen LogP contribution in [-0.2, 0) is 7.05 Å². The summed E-state index contributed by atoms with van der Waals surface area (Å²) in [6.45, 7) is 0.119. The summed E-state index contributed by atoms with van der Waals surface area (Å²) < 4.78 is 19.8. The number of aliphatic hydroxyl groups is 1. The predicted octanol–water partition coefficient (Wildman–Crippen LogP) is 3.04. The highest BCUT2D eigenvalue weighted by Gasteiger charge is 2.20. The monoisotopic (exact) mass is 383 g/mol. The first-order valence-electron chi connectivity index (χ1n) is 8.76. The van der Waals surface area contributed by atoms with Crippen LogP contribution < -0.4 is 4.74 Å². The maximum atomic E-state index is 13.1. The summed E-state index contributed by atoms with van der Waals surface area (Å²) in [5.74, 6) is 0.0631. The molecule has 1 heterocycles. The molecule has 0 spiro atoms. The van der Waals surface area contributed by atoms with Crippen LogP contribution in [0, 0.1) is 5.82 Å². The van der Waals surface area contributed by atoms with Gasteiger partial charge in [-0.2, -0.15) is 5.10 Å². The summed E-state index contributed by atoms with van der Waals surface area (Å²) in [6, 6.07) is 14.7. The van der Waals surface area contributed by atoms with Gasteiger partial charge in [-0.25, -0.2) is 4.39 Å². The third-order valence-electron chi connectivity index (χ3n) is 4.53. The lowest BCUT2D eigenvalue weighted by Crippen LogP contribution is -2.31. The summed E-state index contributed by atoms with van der Waals surface area (Å²) in [4.78, 5) is 14.1. The fourth-order valence-corrected chi connectivity index (χ4v) is 2.93. The Bertz CT molecular complexity index is 952. The number of carbonyl (C=O) groups is 1. The molecular formula is C21H22FN3O3. The number of aliphatic hydroxyl groups excluding tert-OH is 1. The molecule has 146 valence electrons. The Morgan fingerprint density at radius 2 is 1.86 bits per heavy atom. The van der Waals surface area contributed by atoms with E-state index in [-0.39, 0.29) is 24.0 Å². The Morgan fingerprint density at radius 3 is 2.46 bits per heavy atom. The van der Waals surface area contributed by atoms with E-state index in [1.54, 1.807) is 68.4 Å². The lowest BCUT2D eigenvalue weighted by molar-refractivity contribution is 0.0674. The Labute approximate surface area is 162 Å². The number of aryl methyl sites for hydroxylation is 1. The van der Waals surface area contributed by atoms with E-state index in [1.165, 1.54) is 17.0 Å². The van der Waals surface area contributed by atoms with E-state index in [2.05, 4.69) is 5.10 Å². The predicted molar refractivity (Wildman–Crippen MR) is 104 cm³/mol.